The maximum atomic E-state index is 12.2. The molecule has 7 nitrogen and oxygen atoms in total. The van der Waals surface area contributed by atoms with Gasteiger partial charge in [-0.3, -0.25) is 15.6 Å². The Kier molecular flexibility index (Phi) is 5.63. The van der Waals surface area contributed by atoms with E-state index >= 15 is 0 Å². The zero-order valence-electron chi connectivity index (χ0n) is 14.3. The van der Waals surface area contributed by atoms with E-state index in [0.717, 1.165) is 11.3 Å². The molecule has 138 valence electrons. The van der Waals surface area contributed by atoms with Crippen LogP contribution >= 0.6 is 23.2 Å². The van der Waals surface area contributed by atoms with E-state index in [2.05, 4.69) is 26.1 Å². The number of carbonyl (C=O) groups excluding carboxylic acids is 1. The summed E-state index contributed by atoms with van der Waals surface area (Å²) < 4.78 is 0. The largest absolute Gasteiger partial charge is 0.393 e. The molecule has 0 aliphatic rings. The molecular formula is C18H16Cl2N6O. The van der Waals surface area contributed by atoms with Crippen molar-refractivity contribution in [3.05, 3.63) is 70.0 Å². The Morgan fingerprint density at radius 3 is 2.59 bits per heavy atom. The second-order valence-corrected chi connectivity index (χ2v) is 6.51. The van der Waals surface area contributed by atoms with Gasteiger partial charge in [-0.05, 0) is 42.8 Å². The average molecular weight is 403 g/mol. The summed E-state index contributed by atoms with van der Waals surface area (Å²) in [5.74, 6) is 0.251. The van der Waals surface area contributed by atoms with Gasteiger partial charge in [-0.15, -0.1) is 0 Å². The Hall–Kier alpha value is -3.03. The van der Waals surface area contributed by atoms with Crippen LogP contribution in [0.3, 0.4) is 0 Å². The maximum absolute atomic E-state index is 12.2. The number of nitrogens with two attached hydrogens (primary N) is 1. The van der Waals surface area contributed by atoms with Crippen LogP contribution in [0.5, 0.6) is 0 Å². The van der Waals surface area contributed by atoms with E-state index in [0.29, 0.717) is 21.4 Å². The number of nitrogen functional groups attached to an aromatic ring is 1. The summed E-state index contributed by atoms with van der Waals surface area (Å²) in [5, 5.41) is 4.17. The highest BCUT2D eigenvalue weighted by Gasteiger charge is 2.11. The van der Waals surface area contributed by atoms with Crippen molar-refractivity contribution in [3.63, 3.8) is 0 Å². The molecule has 1 aromatic heterocycles. The molecule has 1 amide bonds. The maximum Gasteiger partial charge on any atom is 0.269 e. The van der Waals surface area contributed by atoms with Crippen molar-refractivity contribution in [1.82, 2.24) is 15.4 Å². The highest BCUT2D eigenvalue weighted by molar-refractivity contribution is 6.31. The SMILES string of the molecule is Cc1ccc(Nc2ncnc(NNC(=O)c3cccc(Cl)c3)c2N)cc1Cl. The summed E-state index contributed by atoms with van der Waals surface area (Å²) in [6.07, 6.45) is 1.32. The molecule has 27 heavy (non-hydrogen) atoms. The summed E-state index contributed by atoms with van der Waals surface area (Å²) in [5.41, 5.74) is 13.6. The quantitative estimate of drug-likeness (QED) is 0.477. The molecule has 0 saturated heterocycles. The number of anilines is 4. The van der Waals surface area contributed by atoms with Crippen molar-refractivity contribution >= 4 is 52.1 Å². The highest BCUT2D eigenvalue weighted by atomic mass is 35.5. The van der Waals surface area contributed by atoms with Gasteiger partial charge in [0, 0.05) is 21.3 Å². The van der Waals surface area contributed by atoms with Gasteiger partial charge in [0.05, 0.1) is 0 Å². The third-order valence-electron chi connectivity index (χ3n) is 3.70. The predicted octanol–water partition coefficient (Wildman–Crippen LogP) is 4.17. The van der Waals surface area contributed by atoms with Gasteiger partial charge in [0.1, 0.15) is 12.0 Å². The van der Waals surface area contributed by atoms with Crippen molar-refractivity contribution < 1.29 is 4.79 Å². The number of hydrogen-bond donors (Lipinski definition) is 4. The average Bonchev–Trinajstić information content (AvgIpc) is 2.65. The minimum atomic E-state index is -0.379. The number of hydrogen-bond acceptors (Lipinski definition) is 6. The van der Waals surface area contributed by atoms with Gasteiger partial charge in [-0.1, -0.05) is 35.3 Å². The Morgan fingerprint density at radius 2 is 1.85 bits per heavy atom. The molecule has 0 bridgehead atoms. The van der Waals surface area contributed by atoms with E-state index in [-0.39, 0.29) is 17.4 Å². The summed E-state index contributed by atoms with van der Waals surface area (Å²) >= 11 is 12.0. The van der Waals surface area contributed by atoms with E-state index in [9.17, 15) is 4.79 Å². The van der Waals surface area contributed by atoms with Crippen LogP contribution in [0.2, 0.25) is 10.0 Å². The molecular weight excluding hydrogens is 387 g/mol. The van der Waals surface area contributed by atoms with Crippen molar-refractivity contribution in [2.75, 3.05) is 16.5 Å². The van der Waals surface area contributed by atoms with Gasteiger partial charge >= 0.3 is 0 Å². The van der Waals surface area contributed by atoms with Crippen LogP contribution < -0.4 is 21.9 Å². The summed E-state index contributed by atoms with van der Waals surface area (Å²) in [7, 11) is 0. The number of hydrazine groups is 1. The highest BCUT2D eigenvalue weighted by Crippen LogP contribution is 2.27. The van der Waals surface area contributed by atoms with Crippen LogP contribution in [0.15, 0.2) is 48.8 Å². The molecule has 3 aromatic rings. The lowest BCUT2D eigenvalue weighted by atomic mass is 10.2. The van der Waals surface area contributed by atoms with E-state index in [1.165, 1.54) is 6.33 Å². The summed E-state index contributed by atoms with van der Waals surface area (Å²) in [6, 6.07) is 12.1. The standard InChI is InChI=1S/C18H16Cl2N6O/c1-10-5-6-13(8-14(10)20)24-16-15(21)17(23-9-22-16)25-26-18(27)11-3-2-4-12(19)7-11/h2-9H,21H2,1H3,(H,26,27)(H2,22,23,24,25). The fraction of sp³-hybridized carbons (Fsp3) is 0.0556. The molecule has 1 heterocycles. The second kappa shape index (κ2) is 8.11. The van der Waals surface area contributed by atoms with Gasteiger partial charge in [-0.25, -0.2) is 9.97 Å². The Bertz CT molecular complexity index is 995. The zero-order valence-corrected chi connectivity index (χ0v) is 15.8. The monoisotopic (exact) mass is 402 g/mol. The third-order valence-corrected chi connectivity index (χ3v) is 4.34. The van der Waals surface area contributed by atoms with Gasteiger partial charge in [0.15, 0.2) is 11.6 Å². The zero-order chi connectivity index (χ0) is 19.4. The van der Waals surface area contributed by atoms with E-state index < -0.39 is 0 Å². The van der Waals surface area contributed by atoms with Crippen LogP contribution in [0.4, 0.5) is 23.0 Å². The van der Waals surface area contributed by atoms with Crippen molar-refractivity contribution in [2.45, 2.75) is 6.92 Å². The second-order valence-electron chi connectivity index (χ2n) is 5.66. The minimum absolute atomic E-state index is 0.237. The van der Waals surface area contributed by atoms with Crippen LogP contribution in [0.1, 0.15) is 15.9 Å². The first kappa shape index (κ1) is 18.8. The normalized spacial score (nSPS) is 10.3. The van der Waals surface area contributed by atoms with Crippen LogP contribution in [-0.2, 0) is 0 Å². The molecule has 0 unspecified atom stereocenters. The minimum Gasteiger partial charge on any atom is -0.393 e. The lowest BCUT2D eigenvalue weighted by molar-refractivity contribution is 0.0962. The molecule has 0 radical (unpaired) electrons. The summed E-state index contributed by atoms with van der Waals surface area (Å²) in [6.45, 7) is 1.91. The number of aromatic nitrogens is 2. The van der Waals surface area contributed by atoms with Crippen LogP contribution in [-0.4, -0.2) is 15.9 Å². The van der Waals surface area contributed by atoms with E-state index in [4.69, 9.17) is 28.9 Å². The van der Waals surface area contributed by atoms with Crippen molar-refractivity contribution in [2.24, 2.45) is 0 Å². The topological polar surface area (TPSA) is 105 Å². The number of nitrogens with zero attached hydrogens (tertiary/aromatic N) is 2. The first-order valence-electron chi connectivity index (χ1n) is 7.89. The fourth-order valence-corrected chi connectivity index (χ4v) is 2.59. The number of carbonyl (C=O) groups is 1. The Morgan fingerprint density at radius 1 is 1.07 bits per heavy atom. The fourth-order valence-electron chi connectivity index (χ4n) is 2.22. The van der Waals surface area contributed by atoms with Gasteiger partial charge in [0.2, 0.25) is 0 Å². The van der Waals surface area contributed by atoms with E-state index in [1.54, 1.807) is 30.3 Å². The molecule has 0 atom stereocenters. The number of amides is 1. The smallest absolute Gasteiger partial charge is 0.269 e. The molecule has 0 aliphatic heterocycles. The lowest BCUT2D eigenvalue weighted by Crippen LogP contribution is -2.30. The number of rotatable bonds is 5. The Labute approximate surface area is 165 Å². The first-order valence-corrected chi connectivity index (χ1v) is 8.65. The molecule has 0 spiro atoms. The van der Waals surface area contributed by atoms with Crippen molar-refractivity contribution in [1.29, 1.82) is 0 Å². The molecule has 0 aliphatic carbocycles. The van der Waals surface area contributed by atoms with E-state index in [1.807, 2.05) is 19.1 Å². The number of halogens is 2. The summed E-state index contributed by atoms with van der Waals surface area (Å²) in [4.78, 5) is 20.3. The van der Waals surface area contributed by atoms with Crippen molar-refractivity contribution in [3.8, 4) is 0 Å². The van der Waals surface area contributed by atoms with Crippen LogP contribution in [0.25, 0.3) is 0 Å². The number of aryl methyl sites for hydroxylation is 1. The molecule has 2 aromatic carbocycles. The molecule has 3 rings (SSSR count). The molecule has 5 N–H and O–H groups in total. The predicted molar refractivity (Wildman–Crippen MR) is 108 cm³/mol. The van der Waals surface area contributed by atoms with Gasteiger partial charge < -0.3 is 11.1 Å². The molecule has 0 saturated carbocycles. The molecule has 0 fully saturated rings. The lowest BCUT2D eigenvalue weighted by Gasteiger charge is -2.13. The molecule has 9 heteroatoms. The van der Waals surface area contributed by atoms with Gasteiger partial charge in [0.25, 0.3) is 5.91 Å². The van der Waals surface area contributed by atoms with Crippen LogP contribution in [0, 0.1) is 6.92 Å². The first-order chi connectivity index (χ1) is 12.9. The van der Waals surface area contributed by atoms with Gasteiger partial charge in [-0.2, -0.15) is 0 Å². The number of benzene rings is 2. The third kappa shape index (κ3) is 4.58. The Balaban J connectivity index is 1.72. The number of nitrogens with one attached hydrogen (secondary N) is 3.